The summed E-state index contributed by atoms with van der Waals surface area (Å²) in [7, 11) is 1.56. The summed E-state index contributed by atoms with van der Waals surface area (Å²) in [5.41, 5.74) is 1.29. The maximum atomic E-state index is 12.9. The van der Waals surface area contributed by atoms with Crippen LogP contribution < -0.4 is 14.9 Å². The lowest BCUT2D eigenvalue weighted by Gasteiger charge is -2.09. The molecule has 0 aliphatic rings. The predicted molar refractivity (Wildman–Crippen MR) is 110 cm³/mol. The van der Waals surface area contributed by atoms with E-state index in [0.29, 0.717) is 40.2 Å². The maximum Gasteiger partial charge on any atom is 0.344 e. The summed E-state index contributed by atoms with van der Waals surface area (Å²) in [4.78, 5) is 24.6. The van der Waals surface area contributed by atoms with Crippen molar-refractivity contribution in [2.75, 3.05) is 20.3 Å². The number of hydrogen-bond acceptors (Lipinski definition) is 6. The molecule has 0 spiro atoms. The molecule has 6 heteroatoms. The molecule has 0 saturated heterocycles. The van der Waals surface area contributed by atoms with Gasteiger partial charge in [0.2, 0.25) is 5.43 Å². The van der Waals surface area contributed by atoms with E-state index >= 15 is 0 Å². The Bertz CT molecular complexity index is 1040. The van der Waals surface area contributed by atoms with E-state index in [1.165, 1.54) is 6.26 Å². The fourth-order valence-corrected chi connectivity index (χ4v) is 2.97. The monoisotopic (exact) mass is 396 g/mol. The van der Waals surface area contributed by atoms with E-state index in [4.69, 9.17) is 18.6 Å². The Labute approximate surface area is 169 Å². The van der Waals surface area contributed by atoms with Gasteiger partial charge in [0.25, 0.3) is 0 Å². The molecule has 0 amide bonds. The smallest absolute Gasteiger partial charge is 0.344 e. The largest absolute Gasteiger partial charge is 0.496 e. The highest BCUT2D eigenvalue weighted by molar-refractivity contribution is 5.84. The summed E-state index contributed by atoms with van der Waals surface area (Å²) in [6.07, 6.45) is 4.34. The molecule has 3 rings (SSSR count). The van der Waals surface area contributed by atoms with Gasteiger partial charge in [-0.3, -0.25) is 4.79 Å². The van der Waals surface area contributed by atoms with Crippen molar-refractivity contribution >= 4 is 16.9 Å². The normalized spacial score (nSPS) is 10.7. The second kappa shape index (κ2) is 9.78. The van der Waals surface area contributed by atoms with Crippen molar-refractivity contribution in [3.8, 4) is 22.6 Å². The summed E-state index contributed by atoms with van der Waals surface area (Å²) in [5.74, 6) is 0.599. The first-order chi connectivity index (χ1) is 14.1. The highest BCUT2D eigenvalue weighted by Crippen LogP contribution is 2.29. The lowest BCUT2D eigenvalue weighted by atomic mass is 10.0. The van der Waals surface area contributed by atoms with Crippen LogP contribution in [0.4, 0.5) is 0 Å². The van der Waals surface area contributed by atoms with Crippen LogP contribution in [0.25, 0.3) is 22.1 Å². The Kier molecular flexibility index (Phi) is 6.89. The minimum absolute atomic E-state index is 0.169. The number of methoxy groups -OCH3 is 1. The van der Waals surface area contributed by atoms with E-state index < -0.39 is 5.97 Å². The zero-order valence-corrected chi connectivity index (χ0v) is 16.6. The van der Waals surface area contributed by atoms with Gasteiger partial charge in [0.05, 0.1) is 24.7 Å². The number of benzene rings is 2. The Hall–Kier alpha value is -3.28. The van der Waals surface area contributed by atoms with Crippen molar-refractivity contribution in [1.29, 1.82) is 0 Å². The fraction of sp³-hybridized carbons (Fsp3) is 0.304. The Balaban J connectivity index is 1.75. The summed E-state index contributed by atoms with van der Waals surface area (Å²) in [6, 6.07) is 12.1. The predicted octanol–water partition coefficient (Wildman–Crippen LogP) is 4.58. The van der Waals surface area contributed by atoms with Crippen LogP contribution in [0, 0.1) is 0 Å². The van der Waals surface area contributed by atoms with Crippen molar-refractivity contribution in [3.05, 3.63) is 59.0 Å². The average molecular weight is 396 g/mol. The first-order valence-corrected chi connectivity index (χ1v) is 9.61. The van der Waals surface area contributed by atoms with Crippen molar-refractivity contribution < 1.29 is 23.4 Å². The van der Waals surface area contributed by atoms with Crippen LogP contribution in [0.3, 0.4) is 0 Å². The van der Waals surface area contributed by atoms with Gasteiger partial charge in [-0.05, 0) is 24.6 Å². The maximum absolute atomic E-state index is 12.9. The molecule has 1 heterocycles. The Morgan fingerprint density at radius 2 is 1.90 bits per heavy atom. The van der Waals surface area contributed by atoms with Crippen LogP contribution in [0.1, 0.15) is 26.2 Å². The summed E-state index contributed by atoms with van der Waals surface area (Å²) >= 11 is 0. The van der Waals surface area contributed by atoms with E-state index in [2.05, 4.69) is 6.92 Å². The minimum Gasteiger partial charge on any atom is -0.496 e. The van der Waals surface area contributed by atoms with Crippen LogP contribution in [-0.4, -0.2) is 26.3 Å². The molecule has 0 saturated carbocycles. The molecule has 0 bridgehead atoms. The Morgan fingerprint density at radius 1 is 1.07 bits per heavy atom. The third kappa shape index (κ3) is 4.96. The molecular formula is C23H24O6. The Morgan fingerprint density at radius 3 is 2.69 bits per heavy atom. The fourth-order valence-electron chi connectivity index (χ4n) is 2.97. The molecule has 0 N–H and O–H groups in total. The van der Waals surface area contributed by atoms with Crippen LogP contribution >= 0.6 is 0 Å². The van der Waals surface area contributed by atoms with Crippen molar-refractivity contribution in [2.45, 2.75) is 26.2 Å². The third-order valence-corrected chi connectivity index (χ3v) is 4.51. The minimum atomic E-state index is -0.422. The zero-order chi connectivity index (χ0) is 20.6. The number of rotatable bonds is 9. The SMILES string of the molecule is CCCCCOC(=O)COc1ccc2c(=O)c(-c3ccccc3OC)coc2c1. The van der Waals surface area contributed by atoms with Gasteiger partial charge in [-0.1, -0.05) is 38.0 Å². The van der Waals surface area contributed by atoms with Crippen molar-refractivity contribution in [1.82, 2.24) is 0 Å². The van der Waals surface area contributed by atoms with Crippen molar-refractivity contribution in [2.24, 2.45) is 0 Å². The van der Waals surface area contributed by atoms with Gasteiger partial charge in [0.15, 0.2) is 6.61 Å². The van der Waals surface area contributed by atoms with Gasteiger partial charge in [-0.2, -0.15) is 0 Å². The number of esters is 1. The number of hydrogen-bond donors (Lipinski definition) is 0. The zero-order valence-electron chi connectivity index (χ0n) is 16.6. The van der Waals surface area contributed by atoms with E-state index in [0.717, 1.165) is 19.3 Å². The number of fused-ring (bicyclic) bond motifs is 1. The van der Waals surface area contributed by atoms with Gasteiger partial charge in [-0.25, -0.2) is 4.79 Å². The standard InChI is InChI=1S/C23H24O6/c1-3-4-7-12-27-22(24)15-28-16-10-11-18-21(13-16)29-14-19(23(18)25)17-8-5-6-9-20(17)26-2/h5-6,8-11,13-14H,3-4,7,12,15H2,1-2H3. The van der Waals surface area contributed by atoms with Gasteiger partial charge in [0, 0.05) is 11.6 Å². The lowest BCUT2D eigenvalue weighted by Crippen LogP contribution is -2.15. The molecule has 29 heavy (non-hydrogen) atoms. The van der Waals surface area contributed by atoms with E-state index in [1.54, 1.807) is 37.4 Å². The van der Waals surface area contributed by atoms with Crippen LogP contribution in [0.5, 0.6) is 11.5 Å². The first kappa shape index (κ1) is 20.5. The molecule has 0 radical (unpaired) electrons. The topological polar surface area (TPSA) is 75.0 Å². The molecule has 1 aromatic heterocycles. The highest BCUT2D eigenvalue weighted by Gasteiger charge is 2.14. The number of carbonyl (C=O) groups excluding carboxylic acids is 1. The molecular weight excluding hydrogens is 372 g/mol. The van der Waals surface area contributed by atoms with E-state index in [9.17, 15) is 9.59 Å². The van der Waals surface area contributed by atoms with Gasteiger partial charge < -0.3 is 18.6 Å². The number of carbonyl (C=O) groups is 1. The van der Waals surface area contributed by atoms with Crippen LogP contribution in [-0.2, 0) is 9.53 Å². The first-order valence-electron chi connectivity index (χ1n) is 9.61. The number of para-hydroxylation sites is 1. The molecule has 6 nitrogen and oxygen atoms in total. The van der Waals surface area contributed by atoms with E-state index in [-0.39, 0.29) is 12.0 Å². The molecule has 3 aromatic rings. The molecule has 0 aliphatic heterocycles. The lowest BCUT2D eigenvalue weighted by molar-refractivity contribution is -0.146. The molecule has 0 fully saturated rings. The van der Waals surface area contributed by atoms with Gasteiger partial charge in [-0.15, -0.1) is 0 Å². The van der Waals surface area contributed by atoms with Crippen molar-refractivity contribution in [3.63, 3.8) is 0 Å². The molecule has 0 aliphatic carbocycles. The second-order valence-electron chi connectivity index (χ2n) is 6.55. The second-order valence-corrected chi connectivity index (χ2v) is 6.55. The molecule has 0 unspecified atom stereocenters. The average Bonchev–Trinajstić information content (AvgIpc) is 2.75. The van der Waals surface area contributed by atoms with Gasteiger partial charge >= 0.3 is 5.97 Å². The summed E-state index contributed by atoms with van der Waals surface area (Å²) in [6.45, 7) is 2.29. The molecule has 2 aromatic carbocycles. The van der Waals surface area contributed by atoms with Gasteiger partial charge in [0.1, 0.15) is 23.3 Å². The highest BCUT2D eigenvalue weighted by atomic mass is 16.6. The summed E-state index contributed by atoms with van der Waals surface area (Å²) < 4.78 is 21.6. The van der Waals surface area contributed by atoms with E-state index in [1.807, 2.05) is 12.1 Å². The third-order valence-electron chi connectivity index (χ3n) is 4.51. The quantitative estimate of drug-likeness (QED) is 0.389. The van der Waals surface area contributed by atoms with Crippen LogP contribution in [0.2, 0.25) is 0 Å². The number of ether oxygens (including phenoxy) is 3. The summed E-state index contributed by atoms with van der Waals surface area (Å²) in [5, 5.41) is 0.419. The van der Waals surface area contributed by atoms with Crippen LogP contribution in [0.15, 0.2) is 57.9 Å². The number of unbranched alkanes of at least 4 members (excludes halogenated alkanes) is 2. The molecule has 152 valence electrons. The molecule has 0 atom stereocenters.